The molecule has 0 N–H and O–H groups in total. The highest BCUT2D eigenvalue weighted by Crippen LogP contribution is 2.45. The van der Waals surface area contributed by atoms with Gasteiger partial charge in [-0.3, -0.25) is 10.1 Å². The van der Waals surface area contributed by atoms with Crippen molar-refractivity contribution in [1.82, 2.24) is 9.55 Å². The summed E-state index contributed by atoms with van der Waals surface area (Å²) in [5.41, 5.74) is 2.47. The quantitative estimate of drug-likeness (QED) is 0.193. The molecule has 0 unspecified atom stereocenters. The lowest BCUT2D eigenvalue weighted by atomic mass is 9.73. The van der Waals surface area contributed by atoms with Crippen LogP contribution in [0.15, 0.2) is 104 Å². The first kappa shape index (κ1) is 22.1. The highest BCUT2D eigenvalue weighted by molar-refractivity contribution is 5.50. The molecule has 0 amide bonds. The largest absolute Gasteiger partial charge is 0.319 e. The molecule has 1 fully saturated rings. The molecule has 3 aromatic carbocycles. The van der Waals surface area contributed by atoms with E-state index in [-0.39, 0.29) is 10.8 Å². The van der Waals surface area contributed by atoms with Gasteiger partial charge in [-0.25, -0.2) is 4.98 Å². The van der Waals surface area contributed by atoms with Crippen molar-refractivity contribution >= 4 is 0 Å². The number of imidazole rings is 1. The molecule has 5 rings (SSSR count). The summed E-state index contributed by atoms with van der Waals surface area (Å²) in [5.74, 6) is -0.211. The van der Waals surface area contributed by atoms with Gasteiger partial charge in [0.1, 0.15) is 5.54 Å². The number of hydrogen-bond donors (Lipinski definition) is 0. The van der Waals surface area contributed by atoms with E-state index in [2.05, 4.69) is 77.4 Å². The second-order valence-electron chi connectivity index (χ2n) is 9.43. The fourth-order valence-corrected chi connectivity index (χ4v) is 5.69. The van der Waals surface area contributed by atoms with E-state index in [1.807, 2.05) is 30.7 Å². The molecule has 0 bridgehead atoms. The minimum absolute atomic E-state index is 0.0886. The van der Waals surface area contributed by atoms with Gasteiger partial charge in [0.25, 0.3) is 0 Å². The Kier molecular flexibility index (Phi) is 5.78. The maximum Gasteiger partial charge on any atom is 0.227 e. The van der Waals surface area contributed by atoms with Gasteiger partial charge in [-0.05, 0) is 29.5 Å². The fraction of sp³-hybridized carbons (Fsp3) is 0.276. The van der Waals surface area contributed by atoms with Crippen LogP contribution in [0.3, 0.4) is 0 Å². The summed E-state index contributed by atoms with van der Waals surface area (Å²) in [7, 11) is 0. The number of nitrogens with zero attached hydrogens (tertiary/aromatic N) is 3. The van der Waals surface area contributed by atoms with E-state index in [9.17, 15) is 10.1 Å². The van der Waals surface area contributed by atoms with E-state index in [0.717, 1.165) is 41.6 Å². The third-order valence-electron chi connectivity index (χ3n) is 7.52. The molecule has 172 valence electrons. The summed E-state index contributed by atoms with van der Waals surface area (Å²) in [5, 5.41) is 12.1. The van der Waals surface area contributed by atoms with Gasteiger partial charge in [0.2, 0.25) is 5.54 Å². The molecule has 34 heavy (non-hydrogen) atoms. The van der Waals surface area contributed by atoms with Crippen molar-refractivity contribution in [2.45, 2.75) is 49.6 Å². The predicted molar refractivity (Wildman–Crippen MR) is 133 cm³/mol. The Morgan fingerprint density at radius 2 is 1.38 bits per heavy atom. The maximum atomic E-state index is 12.1. The number of rotatable bonds is 6. The molecular weight excluding hydrogens is 422 g/mol. The summed E-state index contributed by atoms with van der Waals surface area (Å²) in [6.45, 7) is 1.79. The molecule has 0 aliphatic heterocycles. The normalized spacial score (nSPS) is 20.7. The number of aromatic nitrogens is 2. The van der Waals surface area contributed by atoms with Crippen molar-refractivity contribution in [1.29, 1.82) is 0 Å². The number of benzene rings is 3. The van der Waals surface area contributed by atoms with Crippen molar-refractivity contribution in [3.05, 3.63) is 136 Å². The molecule has 0 saturated heterocycles. The van der Waals surface area contributed by atoms with E-state index >= 15 is 0 Å². The summed E-state index contributed by atoms with van der Waals surface area (Å²) in [4.78, 5) is 16.8. The highest BCUT2D eigenvalue weighted by atomic mass is 16.6. The van der Waals surface area contributed by atoms with E-state index in [0.29, 0.717) is 6.42 Å². The van der Waals surface area contributed by atoms with Crippen LogP contribution >= 0.6 is 0 Å². The van der Waals surface area contributed by atoms with Crippen LogP contribution < -0.4 is 0 Å². The Morgan fingerprint density at radius 1 is 0.882 bits per heavy atom. The van der Waals surface area contributed by atoms with Gasteiger partial charge in [0, 0.05) is 24.5 Å². The Balaban J connectivity index is 1.75. The molecule has 2 atom stereocenters. The van der Waals surface area contributed by atoms with Crippen molar-refractivity contribution in [3.63, 3.8) is 0 Å². The minimum Gasteiger partial charge on any atom is -0.319 e. The second kappa shape index (κ2) is 8.90. The average Bonchev–Trinajstić information content (AvgIpc) is 3.37. The Bertz CT molecular complexity index is 1160. The van der Waals surface area contributed by atoms with Crippen molar-refractivity contribution in [3.8, 4) is 0 Å². The van der Waals surface area contributed by atoms with E-state index in [1.165, 1.54) is 0 Å². The first-order valence-corrected chi connectivity index (χ1v) is 11.9. The van der Waals surface area contributed by atoms with Crippen LogP contribution in [0.1, 0.15) is 60.9 Å². The lowest BCUT2D eigenvalue weighted by Gasteiger charge is -2.37. The third-order valence-corrected chi connectivity index (χ3v) is 7.52. The first-order chi connectivity index (χ1) is 16.6. The summed E-state index contributed by atoms with van der Waals surface area (Å²) in [6, 6.07) is 31.2. The van der Waals surface area contributed by atoms with Gasteiger partial charge in [-0.15, -0.1) is 0 Å². The lowest BCUT2D eigenvalue weighted by Crippen LogP contribution is -2.43. The fourth-order valence-electron chi connectivity index (χ4n) is 5.69. The maximum absolute atomic E-state index is 12.1. The van der Waals surface area contributed by atoms with E-state index in [4.69, 9.17) is 4.98 Å². The summed E-state index contributed by atoms with van der Waals surface area (Å²) < 4.78 is 2.15. The Morgan fingerprint density at radius 3 is 1.85 bits per heavy atom. The second-order valence-corrected chi connectivity index (χ2v) is 9.43. The molecule has 5 nitrogen and oxygen atoms in total. The first-order valence-electron chi connectivity index (χ1n) is 11.9. The van der Waals surface area contributed by atoms with Gasteiger partial charge < -0.3 is 4.57 Å². The molecule has 4 aromatic rings. The smallest absolute Gasteiger partial charge is 0.227 e. The third kappa shape index (κ3) is 3.52. The van der Waals surface area contributed by atoms with Gasteiger partial charge >= 0.3 is 0 Å². The van der Waals surface area contributed by atoms with E-state index in [1.54, 1.807) is 6.92 Å². The molecule has 1 aliphatic rings. The van der Waals surface area contributed by atoms with Gasteiger partial charge in [-0.2, -0.15) is 0 Å². The minimum atomic E-state index is -0.994. The highest BCUT2D eigenvalue weighted by Gasteiger charge is 2.49. The van der Waals surface area contributed by atoms with Crippen LogP contribution in [0.4, 0.5) is 0 Å². The average molecular weight is 452 g/mol. The van der Waals surface area contributed by atoms with E-state index < -0.39 is 11.1 Å². The molecule has 1 heterocycles. The zero-order valence-electron chi connectivity index (χ0n) is 19.4. The Hall–Kier alpha value is -3.73. The zero-order chi connectivity index (χ0) is 23.6. The van der Waals surface area contributed by atoms with Crippen LogP contribution in [0.25, 0.3) is 0 Å². The Labute approximate surface area is 200 Å². The van der Waals surface area contributed by atoms with Gasteiger partial charge in [0.05, 0.1) is 17.9 Å². The summed E-state index contributed by atoms with van der Waals surface area (Å²) >= 11 is 0. The topological polar surface area (TPSA) is 61.0 Å². The molecule has 1 aliphatic carbocycles. The SMILES string of the molecule is C[C@@]1([N+](=O)[O-])CCCC[C@@H]1c1cn(C(c2ccccc2)(c2ccccc2)c2ccccc2)cn1. The summed E-state index contributed by atoms with van der Waals surface area (Å²) in [6.07, 6.45) is 7.14. The van der Waals surface area contributed by atoms with Crippen LogP contribution in [-0.4, -0.2) is 20.0 Å². The molecule has 0 radical (unpaired) electrons. The molecular formula is C29H29N3O2. The monoisotopic (exact) mass is 451 g/mol. The van der Waals surface area contributed by atoms with Gasteiger partial charge in [0.15, 0.2) is 0 Å². The van der Waals surface area contributed by atoms with Crippen molar-refractivity contribution in [2.24, 2.45) is 0 Å². The molecule has 5 heteroatoms. The standard InChI is InChI=1S/C29H29N3O2/c1-28(32(33)34)20-12-11-19-26(28)27-21-31(22-30-27)29(23-13-5-2-6-14-23,24-15-7-3-8-16-24)25-17-9-4-10-18-25/h2-10,13-18,21-22,26H,11-12,19-20H2,1H3/t26-,28-/m1/s1. The van der Waals surface area contributed by atoms with Crippen LogP contribution in [-0.2, 0) is 5.54 Å². The van der Waals surface area contributed by atoms with Gasteiger partial charge in [-0.1, -0.05) is 97.4 Å². The van der Waals surface area contributed by atoms with Crippen molar-refractivity contribution in [2.75, 3.05) is 0 Å². The molecule has 0 spiro atoms. The lowest BCUT2D eigenvalue weighted by molar-refractivity contribution is -0.574. The number of nitro groups is 1. The van der Waals surface area contributed by atoms with Crippen LogP contribution in [0.5, 0.6) is 0 Å². The molecule has 1 saturated carbocycles. The van der Waals surface area contributed by atoms with Crippen molar-refractivity contribution < 1.29 is 4.92 Å². The zero-order valence-corrected chi connectivity index (χ0v) is 19.4. The van der Waals surface area contributed by atoms with Crippen LogP contribution in [0, 0.1) is 10.1 Å². The van der Waals surface area contributed by atoms with Crippen LogP contribution in [0.2, 0.25) is 0 Å². The number of hydrogen-bond acceptors (Lipinski definition) is 3. The molecule has 1 aromatic heterocycles. The predicted octanol–water partition coefficient (Wildman–Crippen LogP) is 6.42.